The van der Waals surface area contributed by atoms with Gasteiger partial charge < -0.3 is 15.0 Å². The monoisotopic (exact) mass is 292 g/mol. The molecule has 1 aliphatic rings. The molecule has 1 aliphatic heterocycles. The van der Waals surface area contributed by atoms with Crippen molar-refractivity contribution in [2.75, 3.05) is 25.0 Å². The maximum absolute atomic E-state index is 11.7. The second-order valence-electron chi connectivity index (χ2n) is 5.77. The molecule has 2 rings (SSSR count). The van der Waals surface area contributed by atoms with E-state index in [-0.39, 0.29) is 11.9 Å². The minimum absolute atomic E-state index is 0.208. The van der Waals surface area contributed by atoms with Gasteiger partial charge in [0.2, 0.25) is 11.8 Å². The van der Waals surface area contributed by atoms with Gasteiger partial charge in [-0.15, -0.1) is 0 Å². The van der Waals surface area contributed by atoms with Gasteiger partial charge in [-0.25, -0.2) is 0 Å². The number of carbonyl (C=O) groups is 1. The Hall–Kier alpha value is -1.85. The lowest BCUT2D eigenvalue weighted by molar-refractivity contribution is -0.129. The van der Waals surface area contributed by atoms with Crippen LogP contribution in [0.5, 0.6) is 5.88 Å². The van der Waals surface area contributed by atoms with Crippen molar-refractivity contribution in [3.05, 3.63) is 12.4 Å². The number of aromatic nitrogens is 2. The smallest absolute Gasteiger partial charge is 0.234 e. The molecule has 0 aromatic carbocycles. The fourth-order valence-electron chi connectivity index (χ4n) is 2.28. The Balaban J connectivity index is 1.88. The quantitative estimate of drug-likeness (QED) is 0.868. The molecule has 1 atom stereocenters. The lowest BCUT2D eigenvalue weighted by atomic mass is 10.2. The minimum atomic E-state index is 0.208. The summed E-state index contributed by atoms with van der Waals surface area (Å²) in [5.74, 6) is 1.89. The highest BCUT2D eigenvalue weighted by molar-refractivity contribution is 5.76. The molecule has 1 saturated heterocycles. The standard InChI is InChI=1S/C15H24N4O2/c1-4-15(20)19-6-5-12(9-19)17-13-7-16-8-14(18-13)21-10-11(2)3/h7-8,11-12H,4-6,9-10H2,1-3H3,(H,17,18). The van der Waals surface area contributed by atoms with E-state index < -0.39 is 0 Å². The number of carbonyl (C=O) groups excluding carboxylic acids is 1. The number of hydrogen-bond acceptors (Lipinski definition) is 5. The third-order valence-corrected chi connectivity index (χ3v) is 3.37. The Kier molecular flexibility index (Phi) is 5.36. The van der Waals surface area contributed by atoms with E-state index in [1.54, 1.807) is 12.4 Å². The first-order valence-corrected chi connectivity index (χ1v) is 7.57. The maximum atomic E-state index is 11.7. The van der Waals surface area contributed by atoms with Crippen LogP contribution in [0.25, 0.3) is 0 Å². The number of likely N-dealkylation sites (tertiary alicyclic amines) is 1. The molecule has 6 heteroatoms. The SMILES string of the molecule is CCC(=O)N1CCC(Nc2cncc(OCC(C)C)n2)C1. The fraction of sp³-hybridized carbons (Fsp3) is 0.667. The van der Waals surface area contributed by atoms with Crippen molar-refractivity contribution in [1.29, 1.82) is 0 Å². The molecule has 0 spiro atoms. The normalized spacial score (nSPS) is 18.1. The average Bonchev–Trinajstić information content (AvgIpc) is 2.93. The number of hydrogen-bond donors (Lipinski definition) is 1. The Morgan fingerprint density at radius 2 is 2.33 bits per heavy atom. The summed E-state index contributed by atoms with van der Waals surface area (Å²) < 4.78 is 5.57. The predicted molar refractivity (Wildman–Crippen MR) is 81.3 cm³/mol. The molecule has 0 bridgehead atoms. The van der Waals surface area contributed by atoms with Gasteiger partial charge in [-0.2, -0.15) is 4.98 Å². The van der Waals surface area contributed by atoms with Crippen LogP contribution >= 0.6 is 0 Å². The third kappa shape index (κ3) is 4.58. The first kappa shape index (κ1) is 15.5. The van der Waals surface area contributed by atoms with E-state index in [0.717, 1.165) is 19.5 Å². The molecule has 1 N–H and O–H groups in total. The summed E-state index contributed by atoms with van der Waals surface area (Å²) in [7, 11) is 0. The molecule has 1 aromatic heterocycles. The molecule has 2 heterocycles. The molecule has 116 valence electrons. The van der Waals surface area contributed by atoms with Gasteiger partial charge in [0.15, 0.2) is 0 Å². The van der Waals surface area contributed by atoms with E-state index in [1.165, 1.54) is 0 Å². The second-order valence-corrected chi connectivity index (χ2v) is 5.77. The summed E-state index contributed by atoms with van der Waals surface area (Å²) >= 11 is 0. The number of anilines is 1. The Bertz CT molecular complexity index is 478. The van der Waals surface area contributed by atoms with Gasteiger partial charge in [0, 0.05) is 25.6 Å². The van der Waals surface area contributed by atoms with Crippen LogP contribution in [-0.2, 0) is 4.79 Å². The summed E-state index contributed by atoms with van der Waals surface area (Å²) in [6.07, 6.45) is 4.80. The van der Waals surface area contributed by atoms with E-state index in [9.17, 15) is 4.79 Å². The molecule has 1 fully saturated rings. The zero-order chi connectivity index (χ0) is 15.2. The summed E-state index contributed by atoms with van der Waals surface area (Å²) in [6.45, 7) is 8.23. The van der Waals surface area contributed by atoms with Gasteiger partial charge in [-0.1, -0.05) is 20.8 Å². The summed E-state index contributed by atoms with van der Waals surface area (Å²) in [5, 5.41) is 3.33. The van der Waals surface area contributed by atoms with E-state index in [4.69, 9.17) is 4.74 Å². The van der Waals surface area contributed by atoms with E-state index in [2.05, 4.69) is 29.1 Å². The van der Waals surface area contributed by atoms with Crippen LogP contribution in [0.1, 0.15) is 33.6 Å². The van der Waals surface area contributed by atoms with Crippen LogP contribution < -0.4 is 10.1 Å². The highest BCUT2D eigenvalue weighted by Crippen LogP contribution is 2.16. The maximum Gasteiger partial charge on any atom is 0.234 e. The number of nitrogens with one attached hydrogen (secondary N) is 1. The molecule has 0 radical (unpaired) electrons. The van der Waals surface area contributed by atoms with Crippen LogP contribution in [0.4, 0.5) is 5.82 Å². The number of ether oxygens (including phenoxy) is 1. The van der Waals surface area contributed by atoms with Crippen LogP contribution in [-0.4, -0.2) is 46.5 Å². The molecule has 0 aliphatic carbocycles. The van der Waals surface area contributed by atoms with Crippen molar-refractivity contribution in [3.63, 3.8) is 0 Å². The van der Waals surface area contributed by atoms with Crippen LogP contribution in [0.15, 0.2) is 12.4 Å². The Morgan fingerprint density at radius 3 is 3.05 bits per heavy atom. The number of rotatable bonds is 6. The molecule has 21 heavy (non-hydrogen) atoms. The molecular weight excluding hydrogens is 268 g/mol. The van der Waals surface area contributed by atoms with Gasteiger partial charge in [-0.05, 0) is 12.3 Å². The van der Waals surface area contributed by atoms with Crippen molar-refractivity contribution < 1.29 is 9.53 Å². The minimum Gasteiger partial charge on any atom is -0.476 e. The highest BCUT2D eigenvalue weighted by atomic mass is 16.5. The average molecular weight is 292 g/mol. The lowest BCUT2D eigenvalue weighted by Crippen LogP contribution is -2.31. The summed E-state index contributed by atoms with van der Waals surface area (Å²) in [6, 6.07) is 0.232. The van der Waals surface area contributed by atoms with E-state index in [0.29, 0.717) is 30.6 Å². The van der Waals surface area contributed by atoms with Crippen molar-refractivity contribution in [3.8, 4) is 5.88 Å². The predicted octanol–water partition coefficient (Wildman–Crippen LogP) is 1.93. The Labute approximate surface area is 125 Å². The van der Waals surface area contributed by atoms with Crippen molar-refractivity contribution in [1.82, 2.24) is 14.9 Å². The van der Waals surface area contributed by atoms with E-state index in [1.807, 2.05) is 11.8 Å². The largest absolute Gasteiger partial charge is 0.476 e. The van der Waals surface area contributed by atoms with Gasteiger partial charge >= 0.3 is 0 Å². The zero-order valence-corrected chi connectivity index (χ0v) is 13.0. The third-order valence-electron chi connectivity index (χ3n) is 3.37. The molecular formula is C15H24N4O2. The van der Waals surface area contributed by atoms with Crippen molar-refractivity contribution in [2.24, 2.45) is 5.92 Å². The first-order chi connectivity index (χ1) is 10.1. The summed E-state index contributed by atoms with van der Waals surface area (Å²) in [4.78, 5) is 22.1. The Morgan fingerprint density at radius 1 is 1.52 bits per heavy atom. The van der Waals surface area contributed by atoms with Gasteiger partial charge in [0.05, 0.1) is 19.0 Å². The topological polar surface area (TPSA) is 67.4 Å². The fourth-order valence-corrected chi connectivity index (χ4v) is 2.28. The lowest BCUT2D eigenvalue weighted by Gasteiger charge is -2.16. The van der Waals surface area contributed by atoms with Gasteiger partial charge in [0.25, 0.3) is 0 Å². The molecule has 1 aromatic rings. The summed E-state index contributed by atoms with van der Waals surface area (Å²) in [5.41, 5.74) is 0. The highest BCUT2D eigenvalue weighted by Gasteiger charge is 2.25. The number of nitrogens with zero attached hydrogens (tertiary/aromatic N) is 3. The second kappa shape index (κ2) is 7.24. The van der Waals surface area contributed by atoms with Gasteiger partial charge in [-0.3, -0.25) is 9.78 Å². The molecule has 6 nitrogen and oxygen atoms in total. The van der Waals surface area contributed by atoms with E-state index >= 15 is 0 Å². The van der Waals surface area contributed by atoms with Crippen LogP contribution in [0.3, 0.4) is 0 Å². The molecule has 1 amide bonds. The van der Waals surface area contributed by atoms with Gasteiger partial charge in [0.1, 0.15) is 5.82 Å². The van der Waals surface area contributed by atoms with Crippen LogP contribution in [0.2, 0.25) is 0 Å². The van der Waals surface area contributed by atoms with Crippen molar-refractivity contribution >= 4 is 11.7 Å². The molecule has 1 unspecified atom stereocenters. The molecule has 0 saturated carbocycles. The number of amides is 1. The van der Waals surface area contributed by atoms with Crippen molar-refractivity contribution in [2.45, 2.75) is 39.7 Å². The zero-order valence-electron chi connectivity index (χ0n) is 13.0. The van der Waals surface area contributed by atoms with Crippen LogP contribution in [0, 0.1) is 5.92 Å². The first-order valence-electron chi connectivity index (χ1n) is 7.57.